The van der Waals surface area contributed by atoms with Gasteiger partial charge >= 0.3 is 6.18 Å². The summed E-state index contributed by atoms with van der Waals surface area (Å²) in [4.78, 5) is 19.8. The van der Waals surface area contributed by atoms with Crippen LogP contribution in [0.25, 0.3) is 0 Å². The van der Waals surface area contributed by atoms with Crippen LogP contribution >= 0.6 is 0 Å². The molecule has 0 saturated carbocycles. The number of nitrogens with one attached hydrogen (secondary N) is 1. The Balaban J connectivity index is 1.96. The van der Waals surface area contributed by atoms with Crippen molar-refractivity contribution in [3.63, 3.8) is 0 Å². The first-order valence-electron chi connectivity index (χ1n) is 6.23. The highest BCUT2D eigenvalue weighted by molar-refractivity contribution is 6.02. The standard InChI is InChI=1S/C14H12F3N3O2/c1-9-6-19-12(7-18-9)13(21)20-10-2-4-11(5-3-10)22-8-14(15,16)17/h2-7H,8H2,1H3,(H,20,21). The van der Waals surface area contributed by atoms with E-state index in [1.165, 1.54) is 36.7 Å². The zero-order valence-electron chi connectivity index (χ0n) is 11.5. The molecular formula is C14H12F3N3O2. The van der Waals surface area contributed by atoms with E-state index >= 15 is 0 Å². The molecule has 116 valence electrons. The van der Waals surface area contributed by atoms with Gasteiger partial charge in [-0.2, -0.15) is 13.2 Å². The van der Waals surface area contributed by atoms with Crippen LogP contribution in [0.1, 0.15) is 16.2 Å². The minimum Gasteiger partial charge on any atom is -0.484 e. The number of hydrogen-bond acceptors (Lipinski definition) is 4. The van der Waals surface area contributed by atoms with Gasteiger partial charge in [0, 0.05) is 11.9 Å². The van der Waals surface area contributed by atoms with Crippen LogP contribution in [0.3, 0.4) is 0 Å². The molecule has 1 N–H and O–H groups in total. The zero-order valence-corrected chi connectivity index (χ0v) is 11.5. The number of rotatable bonds is 4. The summed E-state index contributed by atoms with van der Waals surface area (Å²) in [6.07, 6.45) is -1.59. The Morgan fingerprint density at radius 1 is 1.18 bits per heavy atom. The van der Waals surface area contributed by atoms with Crippen molar-refractivity contribution in [2.45, 2.75) is 13.1 Å². The number of amides is 1. The van der Waals surface area contributed by atoms with Gasteiger partial charge in [0.05, 0.1) is 11.9 Å². The van der Waals surface area contributed by atoms with Crippen LogP contribution in [0.2, 0.25) is 0 Å². The van der Waals surface area contributed by atoms with E-state index in [9.17, 15) is 18.0 Å². The highest BCUT2D eigenvalue weighted by Gasteiger charge is 2.28. The molecule has 0 fully saturated rings. The van der Waals surface area contributed by atoms with Gasteiger partial charge in [-0.3, -0.25) is 9.78 Å². The van der Waals surface area contributed by atoms with Crippen LogP contribution in [0, 0.1) is 6.92 Å². The number of anilines is 1. The molecular weight excluding hydrogens is 299 g/mol. The van der Waals surface area contributed by atoms with E-state index in [1.54, 1.807) is 6.92 Å². The van der Waals surface area contributed by atoms with Crippen molar-refractivity contribution in [1.82, 2.24) is 9.97 Å². The number of hydrogen-bond donors (Lipinski definition) is 1. The number of benzene rings is 1. The molecule has 0 unspecified atom stereocenters. The van der Waals surface area contributed by atoms with E-state index in [2.05, 4.69) is 20.0 Å². The highest BCUT2D eigenvalue weighted by Crippen LogP contribution is 2.20. The van der Waals surface area contributed by atoms with Gasteiger partial charge < -0.3 is 10.1 Å². The van der Waals surface area contributed by atoms with Crippen LogP contribution in [0.4, 0.5) is 18.9 Å². The van der Waals surface area contributed by atoms with Crippen molar-refractivity contribution < 1.29 is 22.7 Å². The normalized spacial score (nSPS) is 11.1. The lowest BCUT2D eigenvalue weighted by Gasteiger charge is -2.10. The number of ether oxygens (including phenoxy) is 1. The average Bonchev–Trinajstić information content (AvgIpc) is 2.46. The first-order chi connectivity index (χ1) is 10.3. The van der Waals surface area contributed by atoms with Gasteiger partial charge in [-0.1, -0.05) is 0 Å². The van der Waals surface area contributed by atoms with Gasteiger partial charge in [0.25, 0.3) is 5.91 Å². The largest absolute Gasteiger partial charge is 0.484 e. The van der Waals surface area contributed by atoms with Crippen LogP contribution < -0.4 is 10.1 Å². The monoisotopic (exact) mass is 311 g/mol. The average molecular weight is 311 g/mol. The summed E-state index contributed by atoms with van der Waals surface area (Å²) >= 11 is 0. The van der Waals surface area contributed by atoms with Crippen LogP contribution in [0.5, 0.6) is 5.75 Å². The molecule has 0 aliphatic heterocycles. The molecule has 0 atom stereocenters. The predicted octanol–water partition coefficient (Wildman–Crippen LogP) is 2.98. The molecule has 5 nitrogen and oxygen atoms in total. The second-order valence-corrected chi connectivity index (χ2v) is 4.43. The summed E-state index contributed by atoms with van der Waals surface area (Å²) in [6, 6.07) is 5.54. The molecule has 0 aliphatic rings. The molecule has 0 spiro atoms. The van der Waals surface area contributed by atoms with E-state index in [0.29, 0.717) is 11.4 Å². The first-order valence-corrected chi connectivity index (χ1v) is 6.23. The van der Waals surface area contributed by atoms with Crippen molar-refractivity contribution in [3.8, 4) is 5.75 Å². The summed E-state index contributed by atoms with van der Waals surface area (Å²) in [5, 5.41) is 2.56. The molecule has 8 heteroatoms. The van der Waals surface area contributed by atoms with Gasteiger partial charge in [-0.05, 0) is 31.2 Å². The molecule has 0 saturated heterocycles. The van der Waals surface area contributed by atoms with E-state index in [0.717, 1.165) is 0 Å². The summed E-state index contributed by atoms with van der Waals surface area (Å²) in [6.45, 7) is 0.381. The zero-order chi connectivity index (χ0) is 16.2. The SMILES string of the molecule is Cc1cnc(C(=O)Nc2ccc(OCC(F)(F)F)cc2)cn1. The maximum atomic E-state index is 12.0. The van der Waals surface area contributed by atoms with Crippen LogP contribution in [0.15, 0.2) is 36.7 Å². The Labute approximate surface area is 124 Å². The van der Waals surface area contributed by atoms with Gasteiger partial charge in [0.2, 0.25) is 0 Å². The molecule has 2 aromatic rings. The molecule has 0 aliphatic carbocycles. The van der Waals surface area contributed by atoms with E-state index < -0.39 is 18.7 Å². The third-order valence-electron chi connectivity index (χ3n) is 2.53. The summed E-state index contributed by atoms with van der Waals surface area (Å²) in [7, 11) is 0. The van der Waals surface area contributed by atoms with Crippen molar-refractivity contribution >= 4 is 11.6 Å². The molecule has 1 aromatic carbocycles. The summed E-state index contributed by atoms with van der Waals surface area (Å²) in [5.41, 5.74) is 1.23. The fourth-order valence-corrected chi connectivity index (χ4v) is 1.50. The van der Waals surface area contributed by atoms with Gasteiger partial charge in [0.15, 0.2) is 6.61 Å². The van der Waals surface area contributed by atoms with E-state index in [-0.39, 0.29) is 11.4 Å². The molecule has 2 rings (SSSR count). The Kier molecular flexibility index (Phi) is 4.59. The van der Waals surface area contributed by atoms with Crippen molar-refractivity contribution in [2.75, 3.05) is 11.9 Å². The highest BCUT2D eigenvalue weighted by atomic mass is 19.4. The Morgan fingerprint density at radius 2 is 1.86 bits per heavy atom. The minimum atomic E-state index is -4.39. The molecule has 22 heavy (non-hydrogen) atoms. The number of halogens is 3. The fraction of sp³-hybridized carbons (Fsp3) is 0.214. The predicted molar refractivity (Wildman–Crippen MR) is 72.7 cm³/mol. The molecule has 1 aromatic heterocycles. The van der Waals surface area contributed by atoms with E-state index in [1.807, 2.05) is 0 Å². The number of carbonyl (C=O) groups is 1. The molecule has 0 radical (unpaired) electrons. The number of alkyl halides is 3. The third-order valence-corrected chi connectivity index (χ3v) is 2.53. The third kappa shape index (κ3) is 4.72. The number of nitrogens with zero attached hydrogens (tertiary/aromatic N) is 2. The van der Waals surface area contributed by atoms with Gasteiger partial charge in [-0.15, -0.1) is 0 Å². The van der Waals surface area contributed by atoms with Gasteiger partial charge in [-0.25, -0.2) is 4.98 Å². The quantitative estimate of drug-likeness (QED) is 0.943. The van der Waals surface area contributed by atoms with Crippen molar-refractivity contribution in [1.29, 1.82) is 0 Å². The van der Waals surface area contributed by atoms with Crippen LogP contribution in [-0.2, 0) is 0 Å². The van der Waals surface area contributed by atoms with Crippen molar-refractivity contribution in [2.24, 2.45) is 0 Å². The Bertz CT molecular complexity index is 640. The lowest BCUT2D eigenvalue weighted by atomic mass is 10.3. The molecule has 0 bridgehead atoms. The maximum absolute atomic E-state index is 12.0. The molecule has 1 amide bonds. The lowest BCUT2D eigenvalue weighted by molar-refractivity contribution is -0.153. The topological polar surface area (TPSA) is 64.1 Å². The molecule has 1 heterocycles. The number of aryl methyl sites for hydroxylation is 1. The minimum absolute atomic E-state index is 0.0606. The van der Waals surface area contributed by atoms with Gasteiger partial charge in [0.1, 0.15) is 11.4 Å². The Morgan fingerprint density at radius 3 is 2.41 bits per heavy atom. The lowest BCUT2D eigenvalue weighted by Crippen LogP contribution is -2.19. The van der Waals surface area contributed by atoms with Crippen molar-refractivity contribution in [3.05, 3.63) is 48.0 Å². The smallest absolute Gasteiger partial charge is 0.422 e. The second-order valence-electron chi connectivity index (χ2n) is 4.43. The van der Waals surface area contributed by atoms with E-state index in [4.69, 9.17) is 0 Å². The first kappa shape index (κ1) is 15.7. The van der Waals surface area contributed by atoms with Crippen LogP contribution in [-0.4, -0.2) is 28.7 Å². The number of carbonyl (C=O) groups excluding carboxylic acids is 1. The summed E-state index contributed by atoms with van der Waals surface area (Å²) in [5.74, 6) is -0.401. The fourth-order valence-electron chi connectivity index (χ4n) is 1.50. The number of aromatic nitrogens is 2. The summed E-state index contributed by atoms with van der Waals surface area (Å²) < 4.78 is 40.6. The second kappa shape index (κ2) is 6.42. The maximum Gasteiger partial charge on any atom is 0.422 e. The Hall–Kier alpha value is -2.64.